The third-order valence-electron chi connectivity index (χ3n) is 3.83. The Labute approximate surface area is 123 Å². The van der Waals surface area contributed by atoms with Crippen LogP contribution in [0.3, 0.4) is 0 Å². The van der Waals surface area contributed by atoms with Gasteiger partial charge in [0.25, 0.3) is 0 Å². The molecular formula is C18H15N3. The first kappa shape index (κ1) is 12.1. The van der Waals surface area contributed by atoms with Gasteiger partial charge in [0, 0.05) is 5.92 Å². The normalized spacial score (nSPS) is 15.8. The summed E-state index contributed by atoms with van der Waals surface area (Å²) in [7, 11) is 0. The Kier molecular flexibility index (Phi) is 2.89. The maximum absolute atomic E-state index is 4.67. The summed E-state index contributed by atoms with van der Waals surface area (Å²) >= 11 is 0. The molecule has 3 heteroatoms. The summed E-state index contributed by atoms with van der Waals surface area (Å²) in [5.41, 5.74) is 3.09. The van der Waals surface area contributed by atoms with Crippen molar-refractivity contribution in [2.24, 2.45) is 5.92 Å². The van der Waals surface area contributed by atoms with Gasteiger partial charge in [-0.1, -0.05) is 66.8 Å². The van der Waals surface area contributed by atoms with E-state index >= 15 is 0 Å². The van der Waals surface area contributed by atoms with E-state index in [1.807, 2.05) is 35.1 Å². The zero-order chi connectivity index (χ0) is 14.1. The Morgan fingerprint density at radius 3 is 1.95 bits per heavy atom. The molecule has 102 valence electrons. The van der Waals surface area contributed by atoms with Crippen molar-refractivity contribution in [1.29, 1.82) is 0 Å². The van der Waals surface area contributed by atoms with E-state index in [4.69, 9.17) is 0 Å². The molecule has 0 bridgehead atoms. The van der Waals surface area contributed by atoms with Gasteiger partial charge in [0.2, 0.25) is 0 Å². The molecule has 3 nitrogen and oxygen atoms in total. The fourth-order valence-electron chi connectivity index (χ4n) is 2.82. The quantitative estimate of drug-likeness (QED) is 0.727. The number of nitrogens with zero attached hydrogens (tertiary/aromatic N) is 3. The number of hydrogen-bond acceptors (Lipinski definition) is 2. The smallest absolute Gasteiger partial charge is 0.113 e. The first-order valence-electron chi connectivity index (χ1n) is 7.13. The van der Waals surface area contributed by atoms with E-state index in [0.717, 1.165) is 11.0 Å². The van der Waals surface area contributed by atoms with E-state index in [9.17, 15) is 0 Å². The van der Waals surface area contributed by atoms with Gasteiger partial charge in [0.05, 0.1) is 0 Å². The topological polar surface area (TPSA) is 30.7 Å². The highest BCUT2D eigenvalue weighted by molar-refractivity contribution is 5.73. The highest BCUT2D eigenvalue weighted by Crippen LogP contribution is 2.30. The van der Waals surface area contributed by atoms with Gasteiger partial charge in [-0.25, -0.2) is 0 Å². The lowest BCUT2D eigenvalue weighted by molar-refractivity contribution is 0.419. The molecular weight excluding hydrogens is 258 g/mol. The summed E-state index contributed by atoms with van der Waals surface area (Å²) in [6, 6.07) is 18.5. The average molecular weight is 273 g/mol. The molecule has 1 heterocycles. The molecule has 2 aromatic carbocycles. The zero-order valence-electron chi connectivity index (χ0n) is 11.5. The SMILES string of the molecule is C1=CC(C(c2ccccc2)n2nc3ccccc3n2)C=C1. The average Bonchev–Trinajstić information content (AvgIpc) is 3.18. The molecule has 1 aromatic heterocycles. The van der Waals surface area contributed by atoms with Crippen LogP contribution < -0.4 is 0 Å². The largest absolute Gasteiger partial charge is 0.175 e. The molecule has 4 rings (SSSR count). The van der Waals surface area contributed by atoms with Gasteiger partial charge >= 0.3 is 0 Å². The van der Waals surface area contributed by atoms with Gasteiger partial charge in [-0.15, -0.1) is 0 Å². The van der Waals surface area contributed by atoms with Crippen LogP contribution >= 0.6 is 0 Å². The number of aromatic nitrogens is 3. The summed E-state index contributed by atoms with van der Waals surface area (Å²) in [6.07, 6.45) is 8.57. The molecule has 0 N–H and O–H groups in total. The molecule has 21 heavy (non-hydrogen) atoms. The van der Waals surface area contributed by atoms with Crippen LogP contribution in [-0.2, 0) is 0 Å². The maximum atomic E-state index is 4.67. The Morgan fingerprint density at radius 1 is 0.762 bits per heavy atom. The minimum absolute atomic E-state index is 0.0913. The predicted molar refractivity (Wildman–Crippen MR) is 83.9 cm³/mol. The second-order valence-corrected chi connectivity index (χ2v) is 5.21. The molecule has 0 fully saturated rings. The molecule has 0 spiro atoms. The van der Waals surface area contributed by atoms with Crippen LogP contribution in [0.25, 0.3) is 11.0 Å². The fraction of sp³-hybridized carbons (Fsp3) is 0.111. The minimum Gasteiger partial charge on any atom is -0.175 e. The van der Waals surface area contributed by atoms with Crippen molar-refractivity contribution in [2.75, 3.05) is 0 Å². The molecule has 0 amide bonds. The lowest BCUT2D eigenvalue weighted by atomic mass is 9.95. The molecule has 0 radical (unpaired) electrons. The van der Waals surface area contributed by atoms with E-state index in [1.165, 1.54) is 5.56 Å². The lowest BCUT2D eigenvalue weighted by Gasteiger charge is -2.20. The monoisotopic (exact) mass is 273 g/mol. The summed E-state index contributed by atoms with van der Waals surface area (Å²) in [4.78, 5) is 1.85. The summed E-state index contributed by atoms with van der Waals surface area (Å²) < 4.78 is 0. The minimum atomic E-state index is 0.0913. The predicted octanol–water partition coefficient (Wildman–Crippen LogP) is 3.76. The van der Waals surface area contributed by atoms with Crippen LogP contribution in [0.1, 0.15) is 11.6 Å². The Hall–Kier alpha value is -2.68. The maximum Gasteiger partial charge on any atom is 0.113 e. The van der Waals surface area contributed by atoms with Crippen molar-refractivity contribution >= 4 is 11.0 Å². The first-order valence-corrected chi connectivity index (χ1v) is 7.13. The van der Waals surface area contributed by atoms with Crippen molar-refractivity contribution in [3.63, 3.8) is 0 Å². The van der Waals surface area contributed by atoms with E-state index in [-0.39, 0.29) is 12.0 Å². The summed E-state index contributed by atoms with van der Waals surface area (Å²) in [6.45, 7) is 0. The van der Waals surface area contributed by atoms with Crippen LogP contribution in [0.5, 0.6) is 0 Å². The fourth-order valence-corrected chi connectivity index (χ4v) is 2.82. The van der Waals surface area contributed by atoms with Crippen LogP contribution in [0.15, 0.2) is 78.9 Å². The second kappa shape index (κ2) is 5.02. The molecule has 0 saturated carbocycles. The van der Waals surface area contributed by atoms with Crippen LogP contribution in [0, 0.1) is 5.92 Å². The van der Waals surface area contributed by atoms with Crippen molar-refractivity contribution in [1.82, 2.24) is 15.0 Å². The molecule has 3 aromatic rings. The van der Waals surface area contributed by atoms with Gasteiger partial charge in [-0.3, -0.25) is 0 Å². The van der Waals surface area contributed by atoms with Gasteiger partial charge in [0.1, 0.15) is 17.1 Å². The van der Waals surface area contributed by atoms with Crippen LogP contribution in [0.2, 0.25) is 0 Å². The van der Waals surface area contributed by atoms with Crippen LogP contribution in [-0.4, -0.2) is 15.0 Å². The second-order valence-electron chi connectivity index (χ2n) is 5.21. The van der Waals surface area contributed by atoms with Crippen molar-refractivity contribution in [2.45, 2.75) is 6.04 Å². The van der Waals surface area contributed by atoms with Gasteiger partial charge in [-0.2, -0.15) is 15.0 Å². The summed E-state index contributed by atoms with van der Waals surface area (Å²) in [5.74, 6) is 0.286. The third kappa shape index (κ3) is 2.17. The highest BCUT2D eigenvalue weighted by Gasteiger charge is 2.24. The van der Waals surface area contributed by atoms with Gasteiger partial charge < -0.3 is 0 Å². The van der Waals surface area contributed by atoms with E-state index in [0.29, 0.717) is 0 Å². The first-order chi connectivity index (χ1) is 10.4. The molecule has 1 aliphatic rings. The standard InChI is InChI=1S/C18H15N3/c1-2-8-14(9-3-1)18(15-10-4-5-11-15)21-19-16-12-6-7-13-17(16)20-21/h1-13,15,18H. The number of rotatable bonds is 3. The van der Waals surface area contributed by atoms with Crippen molar-refractivity contribution in [3.8, 4) is 0 Å². The van der Waals surface area contributed by atoms with Crippen molar-refractivity contribution in [3.05, 3.63) is 84.5 Å². The van der Waals surface area contributed by atoms with Crippen LogP contribution in [0.4, 0.5) is 0 Å². The molecule has 0 aliphatic heterocycles. The Morgan fingerprint density at radius 2 is 1.33 bits per heavy atom. The van der Waals surface area contributed by atoms with Gasteiger partial charge in [-0.05, 0) is 17.7 Å². The number of allylic oxidation sites excluding steroid dienone is 4. The number of benzene rings is 2. The molecule has 1 aliphatic carbocycles. The van der Waals surface area contributed by atoms with Crippen molar-refractivity contribution < 1.29 is 0 Å². The Balaban J connectivity index is 1.85. The molecule has 1 unspecified atom stereocenters. The number of hydrogen-bond donors (Lipinski definition) is 0. The Bertz CT molecular complexity index is 770. The third-order valence-corrected chi connectivity index (χ3v) is 3.83. The van der Waals surface area contributed by atoms with E-state index in [1.54, 1.807) is 0 Å². The molecule has 1 atom stereocenters. The highest BCUT2D eigenvalue weighted by atomic mass is 15.5. The number of fused-ring (bicyclic) bond motifs is 1. The lowest BCUT2D eigenvalue weighted by Crippen LogP contribution is -2.20. The zero-order valence-corrected chi connectivity index (χ0v) is 11.5. The molecule has 0 saturated heterocycles. The van der Waals surface area contributed by atoms with Gasteiger partial charge in [0.15, 0.2) is 0 Å². The van der Waals surface area contributed by atoms with E-state index in [2.05, 4.69) is 58.8 Å². The van der Waals surface area contributed by atoms with E-state index < -0.39 is 0 Å². The summed E-state index contributed by atoms with van der Waals surface area (Å²) in [5, 5.41) is 9.34.